The molecule has 35 heavy (non-hydrogen) atoms. The summed E-state index contributed by atoms with van der Waals surface area (Å²) < 4.78 is 36.3. The van der Waals surface area contributed by atoms with Crippen LogP contribution in [0.2, 0.25) is 5.15 Å². The zero-order valence-corrected chi connectivity index (χ0v) is 20.4. The van der Waals surface area contributed by atoms with Gasteiger partial charge in [0.15, 0.2) is 5.75 Å². The fourth-order valence-electron chi connectivity index (χ4n) is 3.73. The minimum absolute atomic E-state index is 0.0394. The third kappa shape index (κ3) is 6.38. The molecule has 0 radical (unpaired) electrons. The molecule has 2 N–H and O–H groups in total. The van der Waals surface area contributed by atoms with Gasteiger partial charge in [-0.3, -0.25) is 15.1 Å². The topological polar surface area (TPSA) is 119 Å². The van der Waals surface area contributed by atoms with Gasteiger partial charge in [-0.1, -0.05) is 16.7 Å². The van der Waals surface area contributed by atoms with E-state index >= 15 is 0 Å². The van der Waals surface area contributed by atoms with E-state index in [1.807, 2.05) is 0 Å². The van der Waals surface area contributed by atoms with Gasteiger partial charge in [0.05, 0.1) is 17.4 Å². The van der Waals surface area contributed by atoms with Gasteiger partial charge in [-0.05, 0) is 63.0 Å². The highest BCUT2D eigenvalue weighted by Crippen LogP contribution is 2.36. The van der Waals surface area contributed by atoms with Gasteiger partial charge in [0.25, 0.3) is 11.1 Å². The molecule has 0 aliphatic heterocycles. The predicted octanol–water partition coefficient (Wildman–Crippen LogP) is 4.88. The van der Waals surface area contributed by atoms with E-state index in [9.17, 15) is 18.7 Å². The van der Waals surface area contributed by atoms with Crippen LogP contribution < -0.4 is 14.8 Å². The summed E-state index contributed by atoms with van der Waals surface area (Å²) in [5.41, 5.74) is 0.398. The summed E-state index contributed by atoms with van der Waals surface area (Å²) in [5, 5.41) is 21.2. The van der Waals surface area contributed by atoms with Gasteiger partial charge in [-0.15, -0.1) is 5.10 Å². The standard InChI is InChI=1S/C22H22ClF2N5O4S/c1-11-7-13(14-8-17(23)27-10-16(14)34-19(24)25)15(9-26-11)18(31)28-20-29-30-21(35-20)33-12-3-5-22(2,32)6-4-12/h7-10,12,19,32H,3-6H2,1-2H3,(H,28,29,31)/t12-,22-. The Kier molecular flexibility index (Phi) is 7.43. The molecule has 0 spiro atoms. The van der Waals surface area contributed by atoms with Crippen molar-refractivity contribution >= 4 is 34.0 Å². The minimum atomic E-state index is -3.09. The maximum atomic E-state index is 13.1. The fourth-order valence-corrected chi connectivity index (χ4v) is 4.54. The minimum Gasteiger partial charge on any atom is -0.466 e. The zero-order chi connectivity index (χ0) is 25.2. The molecule has 0 saturated heterocycles. The summed E-state index contributed by atoms with van der Waals surface area (Å²) in [7, 11) is 0. The number of aryl methyl sites for hydroxylation is 1. The Morgan fingerprint density at radius 1 is 1.23 bits per heavy atom. The maximum Gasteiger partial charge on any atom is 0.387 e. The van der Waals surface area contributed by atoms with Crippen molar-refractivity contribution in [3.05, 3.63) is 40.9 Å². The van der Waals surface area contributed by atoms with Gasteiger partial charge in [0.1, 0.15) is 11.3 Å². The number of pyridine rings is 2. The number of hydrogen-bond donors (Lipinski definition) is 2. The van der Waals surface area contributed by atoms with Crippen LogP contribution in [0.3, 0.4) is 0 Å². The quantitative estimate of drug-likeness (QED) is 0.419. The number of ether oxygens (including phenoxy) is 2. The van der Waals surface area contributed by atoms with Gasteiger partial charge in [0.2, 0.25) is 5.13 Å². The predicted molar refractivity (Wildman–Crippen MR) is 125 cm³/mol. The summed E-state index contributed by atoms with van der Waals surface area (Å²) in [4.78, 5) is 21.0. The third-order valence-corrected chi connectivity index (χ3v) is 6.47. The molecule has 3 aromatic heterocycles. The Balaban J connectivity index is 1.54. The Bertz CT molecular complexity index is 1220. The van der Waals surface area contributed by atoms with Crippen molar-refractivity contribution in [3.63, 3.8) is 0 Å². The van der Waals surface area contributed by atoms with Crippen molar-refractivity contribution < 1.29 is 28.2 Å². The molecular formula is C22H22ClF2N5O4S. The van der Waals surface area contributed by atoms with Crippen molar-refractivity contribution in [3.8, 4) is 22.1 Å². The van der Waals surface area contributed by atoms with Crippen LogP contribution in [-0.4, -0.2) is 49.5 Å². The molecule has 1 saturated carbocycles. The van der Waals surface area contributed by atoms with Gasteiger partial charge < -0.3 is 14.6 Å². The molecule has 0 aromatic carbocycles. The number of hydrogen-bond acceptors (Lipinski definition) is 9. The molecule has 1 aliphatic carbocycles. The third-order valence-electron chi connectivity index (χ3n) is 5.53. The van der Waals surface area contributed by atoms with Crippen LogP contribution >= 0.6 is 22.9 Å². The molecule has 9 nitrogen and oxygen atoms in total. The first-order chi connectivity index (χ1) is 16.6. The second-order valence-corrected chi connectivity index (χ2v) is 9.72. The van der Waals surface area contributed by atoms with Gasteiger partial charge in [0, 0.05) is 23.0 Å². The van der Waals surface area contributed by atoms with Crippen LogP contribution in [0.4, 0.5) is 13.9 Å². The molecule has 0 unspecified atom stereocenters. The summed E-state index contributed by atoms with van der Waals surface area (Å²) in [6, 6.07) is 2.90. The molecule has 1 aliphatic rings. The lowest BCUT2D eigenvalue weighted by atomic mass is 9.85. The van der Waals surface area contributed by atoms with Crippen LogP contribution in [0.25, 0.3) is 11.1 Å². The molecule has 13 heteroatoms. The van der Waals surface area contributed by atoms with E-state index in [2.05, 4.69) is 30.2 Å². The summed E-state index contributed by atoms with van der Waals surface area (Å²) >= 11 is 7.04. The smallest absolute Gasteiger partial charge is 0.387 e. The molecule has 1 fully saturated rings. The Labute approximate surface area is 208 Å². The number of halogens is 3. The summed E-state index contributed by atoms with van der Waals surface area (Å²) in [5.74, 6) is -0.818. The monoisotopic (exact) mass is 525 g/mol. The molecule has 0 atom stereocenters. The van der Waals surface area contributed by atoms with Crippen molar-refractivity contribution in [2.24, 2.45) is 0 Å². The van der Waals surface area contributed by atoms with E-state index in [-0.39, 0.29) is 38.8 Å². The average molecular weight is 526 g/mol. The van der Waals surface area contributed by atoms with Crippen molar-refractivity contribution in [1.29, 1.82) is 0 Å². The first-order valence-electron chi connectivity index (χ1n) is 10.7. The number of aliphatic hydroxyl groups is 1. The van der Waals surface area contributed by atoms with Crippen LogP contribution in [-0.2, 0) is 0 Å². The van der Waals surface area contributed by atoms with Crippen LogP contribution in [0.15, 0.2) is 24.5 Å². The number of rotatable bonds is 7. The van der Waals surface area contributed by atoms with Crippen molar-refractivity contribution in [2.45, 2.75) is 57.8 Å². The Morgan fingerprint density at radius 3 is 2.69 bits per heavy atom. The number of nitrogens with one attached hydrogen (secondary N) is 1. The Morgan fingerprint density at radius 2 is 1.97 bits per heavy atom. The molecule has 3 aromatic rings. The van der Waals surface area contributed by atoms with Crippen LogP contribution in [0, 0.1) is 6.92 Å². The SMILES string of the molecule is Cc1cc(-c2cc(Cl)ncc2OC(F)F)c(C(=O)Nc2nnc(O[C@H]3CC[C@](C)(O)CC3)s2)cn1. The number of aromatic nitrogens is 4. The molecular weight excluding hydrogens is 504 g/mol. The largest absolute Gasteiger partial charge is 0.466 e. The van der Waals surface area contributed by atoms with Gasteiger partial charge in [-0.2, -0.15) is 8.78 Å². The number of amides is 1. The molecule has 4 rings (SSSR count). The summed E-state index contributed by atoms with van der Waals surface area (Å²) in [6.07, 6.45) is 4.92. The molecule has 186 valence electrons. The first kappa shape index (κ1) is 25.1. The van der Waals surface area contributed by atoms with Crippen LogP contribution in [0.5, 0.6) is 10.9 Å². The van der Waals surface area contributed by atoms with E-state index in [1.54, 1.807) is 19.9 Å². The van der Waals surface area contributed by atoms with Gasteiger partial charge >= 0.3 is 6.61 Å². The number of alkyl halides is 2. The highest BCUT2D eigenvalue weighted by atomic mass is 35.5. The zero-order valence-electron chi connectivity index (χ0n) is 18.8. The second kappa shape index (κ2) is 10.3. The van der Waals surface area contributed by atoms with E-state index in [0.29, 0.717) is 36.6 Å². The normalized spacial score (nSPS) is 20.0. The van der Waals surface area contributed by atoms with E-state index in [0.717, 1.165) is 17.5 Å². The lowest BCUT2D eigenvalue weighted by Gasteiger charge is -2.32. The fraction of sp³-hybridized carbons (Fsp3) is 0.409. The molecule has 0 bridgehead atoms. The van der Waals surface area contributed by atoms with Gasteiger partial charge in [-0.25, -0.2) is 4.98 Å². The summed E-state index contributed by atoms with van der Waals surface area (Å²) in [6.45, 7) is 0.408. The average Bonchev–Trinajstić information content (AvgIpc) is 3.22. The Hall–Kier alpha value is -2.96. The maximum absolute atomic E-state index is 13.1. The van der Waals surface area contributed by atoms with E-state index in [1.165, 1.54) is 12.3 Å². The molecule has 1 amide bonds. The lowest BCUT2D eigenvalue weighted by molar-refractivity contribution is -0.0496. The number of nitrogens with zero attached hydrogens (tertiary/aromatic N) is 4. The van der Waals surface area contributed by atoms with E-state index in [4.69, 9.17) is 16.3 Å². The highest BCUT2D eigenvalue weighted by molar-refractivity contribution is 7.17. The first-order valence-corrected chi connectivity index (χ1v) is 11.9. The second-order valence-electron chi connectivity index (χ2n) is 8.39. The number of carbonyl (C=O) groups is 1. The lowest BCUT2D eigenvalue weighted by Crippen LogP contribution is -2.34. The van der Waals surface area contributed by atoms with Crippen molar-refractivity contribution in [2.75, 3.05) is 5.32 Å². The highest BCUT2D eigenvalue weighted by Gasteiger charge is 2.30. The van der Waals surface area contributed by atoms with Crippen molar-refractivity contribution in [1.82, 2.24) is 20.2 Å². The van der Waals surface area contributed by atoms with Crippen LogP contribution in [0.1, 0.15) is 48.7 Å². The number of carbonyl (C=O) groups excluding carboxylic acids is 1. The van der Waals surface area contributed by atoms with E-state index < -0.39 is 18.1 Å². The molecule has 3 heterocycles. The number of anilines is 1.